The highest BCUT2D eigenvalue weighted by atomic mass is 32.1. The predicted octanol–water partition coefficient (Wildman–Crippen LogP) is 0.863. The summed E-state index contributed by atoms with van der Waals surface area (Å²) in [5.41, 5.74) is -0.556. The third-order valence-corrected chi connectivity index (χ3v) is 2.57. The monoisotopic (exact) mass is 243 g/mol. The molecular weight excluding hydrogens is 230 g/mol. The van der Waals surface area contributed by atoms with Crippen molar-refractivity contribution < 1.29 is 14.7 Å². The maximum Gasteiger partial charge on any atom is 0.323 e. The number of amides is 1. The van der Waals surface area contributed by atoms with Crippen molar-refractivity contribution in [1.29, 1.82) is 0 Å². The van der Waals surface area contributed by atoms with Gasteiger partial charge in [-0.15, -0.1) is 5.10 Å². The average Bonchev–Trinajstić information content (AvgIpc) is 2.63. The number of nitrogens with zero attached hydrogens (tertiary/aromatic N) is 3. The summed E-state index contributed by atoms with van der Waals surface area (Å²) in [5, 5.41) is 12.3. The minimum atomic E-state index is -1.04. The molecule has 1 aromatic rings. The van der Waals surface area contributed by atoms with Gasteiger partial charge in [0, 0.05) is 5.54 Å². The number of carboxylic acid groups (broad SMARTS) is 1. The van der Waals surface area contributed by atoms with Crippen molar-refractivity contribution in [2.45, 2.75) is 26.3 Å². The normalized spacial score (nSPS) is 11.2. The Labute approximate surface area is 97.1 Å². The first kappa shape index (κ1) is 12.6. The van der Waals surface area contributed by atoms with Crippen LogP contribution in [0.15, 0.2) is 6.20 Å². The second-order valence-corrected chi connectivity index (χ2v) is 5.02. The molecule has 0 aromatic carbocycles. The molecule has 0 radical (unpaired) electrons. The SMILES string of the molecule is CC(C)(C)N(CC(=O)O)C(=O)c1cnns1. The summed E-state index contributed by atoms with van der Waals surface area (Å²) in [4.78, 5) is 24.3. The average molecular weight is 243 g/mol. The van der Waals surface area contributed by atoms with Crippen molar-refractivity contribution in [1.82, 2.24) is 14.5 Å². The Morgan fingerprint density at radius 2 is 2.12 bits per heavy atom. The molecule has 0 unspecified atom stereocenters. The van der Waals surface area contributed by atoms with Gasteiger partial charge in [0.1, 0.15) is 11.4 Å². The Morgan fingerprint density at radius 3 is 2.50 bits per heavy atom. The maximum atomic E-state index is 12.0. The van der Waals surface area contributed by atoms with E-state index >= 15 is 0 Å². The number of carboxylic acids is 1. The summed E-state index contributed by atoms with van der Waals surface area (Å²) in [6, 6.07) is 0. The van der Waals surface area contributed by atoms with Crippen molar-refractivity contribution in [3.05, 3.63) is 11.1 Å². The zero-order valence-electron chi connectivity index (χ0n) is 9.30. The number of hydrogen-bond acceptors (Lipinski definition) is 5. The van der Waals surface area contributed by atoms with Gasteiger partial charge < -0.3 is 10.0 Å². The van der Waals surface area contributed by atoms with Crippen LogP contribution in [0, 0.1) is 0 Å². The van der Waals surface area contributed by atoms with E-state index < -0.39 is 11.5 Å². The van der Waals surface area contributed by atoms with Gasteiger partial charge in [0.2, 0.25) is 0 Å². The van der Waals surface area contributed by atoms with Crippen LogP contribution in [-0.4, -0.2) is 43.6 Å². The Kier molecular flexibility index (Phi) is 3.58. The third-order valence-electron chi connectivity index (χ3n) is 1.92. The Balaban J connectivity index is 2.94. The van der Waals surface area contributed by atoms with E-state index in [4.69, 9.17) is 5.11 Å². The van der Waals surface area contributed by atoms with Crippen LogP contribution in [0.3, 0.4) is 0 Å². The van der Waals surface area contributed by atoms with E-state index in [9.17, 15) is 9.59 Å². The summed E-state index contributed by atoms with van der Waals surface area (Å²) in [6.07, 6.45) is 1.34. The number of aliphatic carboxylic acids is 1. The molecule has 0 aliphatic carbocycles. The topological polar surface area (TPSA) is 83.4 Å². The zero-order chi connectivity index (χ0) is 12.3. The molecule has 0 aliphatic heterocycles. The first-order chi connectivity index (χ1) is 7.32. The van der Waals surface area contributed by atoms with Crippen LogP contribution in [0.2, 0.25) is 0 Å². The summed E-state index contributed by atoms with van der Waals surface area (Å²) in [6.45, 7) is 5.01. The summed E-state index contributed by atoms with van der Waals surface area (Å²) in [5.74, 6) is -1.40. The summed E-state index contributed by atoms with van der Waals surface area (Å²) in [7, 11) is 0. The van der Waals surface area contributed by atoms with Gasteiger partial charge in [-0.1, -0.05) is 4.49 Å². The molecule has 6 nitrogen and oxygen atoms in total. The van der Waals surface area contributed by atoms with E-state index in [1.165, 1.54) is 11.1 Å². The molecule has 0 saturated carbocycles. The first-order valence-corrected chi connectivity index (χ1v) is 5.41. The number of aromatic nitrogens is 2. The fourth-order valence-corrected chi connectivity index (χ4v) is 1.61. The van der Waals surface area contributed by atoms with E-state index in [2.05, 4.69) is 9.59 Å². The maximum absolute atomic E-state index is 12.0. The van der Waals surface area contributed by atoms with Crippen LogP contribution in [0.1, 0.15) is 30.4 Å². The quantitative estimate of drug-likeness (QED) is 0.851. The Bertz CT molecular complexity index is 383. The van der Waals surface area contributed by atoms with Crippen molar-refractivity contribution in [2.24, 2.45) is 0 Å². The van der Waals surface area contributed by atoms with Crippen LogP contribution in [0.4, 0.5) is 0 Å². The van der Waals surface area contributed by atoms with Crippen LogP contribution >= 0.6 is 11.5 Å². The highest BCUT2D eigenvalue weighted by Gasteiger charge is 2.30. The van der Waals surface area contributed by atoms with Crippen molar-refractivity contribution in [2.75, 3.05) is 6.54 Å². The van der Waals surface area contributed by atoms with E-state index in [-0.39, 0.29) is 12.5 Å². The fraction of sp³-hybridized carbons (Fsp3) is 0.556. The molecule has 1 amide bonds. The number of carbonyl (C=O) groups is 2. The molecule has 1 N–H and O–H groups in total. The molecule has 88 valence electrons. The minimum Gasteiger partial charge on any atom is -0.480 e. The molecule has 16 heavy (non-hydrogen) atoms. The zero-order valence-corrected chi connectivity index (χ0v) is 10.1. The summed E-state index contributed by atoms with van der Waals surface area (Å²) < 4.78 is 3.58. The molecule has 0 atom stereocenters. The highest BCUT2D eigenvalue weighted by molar-refractivity contribution is 7.07. The van der Waals surface area contributed by atoms with Gasteiger partial charge in [-0.3, -0.25) is 9.59 Å². The van der Waals surface area contributed by atoms with Gasteiger partial charge in [-0.2, -0.15) is 0 Å². The van der Waals surface area contributed by atoms with Crippen LogP contribution < -0.4 is 0 Å². The standard InChI is InChI=1S/C9H13N3O3S/c1-9(2,3)12(5-7(13)14)8(15)6-4-10-11-16-6/h4H,5H2,1-3H3,(H,13,14). The summed E-state index contributed by atoms with van der Waals surface area (Å²) >= 11 is 0.957. The third kappa shape index (κ3) is 2.99. The fourth-order valence-electron chi connectivity index (χ4n) is 1.14. The first-order valence-electron chi connectivity index (χ1n) is 4.63. The molecule has 0 bridgehead atoms. The molecule has 0 fully saturated rings. The lowest BCUT2D eigenvalue weighted by molar-refractivity contribution is -0.138. The van der Waals surface area contributed by atoms with E-state index in [0.717, 1.165) is 11.5 Å². The van der Waals surface area contributed by atoms with Crippen molar-refractivity contribution in [3.63, 3.8) is 0 Å². The van der Waals surface area contributed by atoms with Gasteiger partial charge in [-0.25, -0.2) is 0 Å². The Hall–Kier alpha value is -1.50. The molecule has 1 aromatic heterocycles. The Morgan fingerprint density at radius 1 is 1.50 bits per heavy atom. The lowest BCUT2D eigenvalue weighted by Crippen LogP contribution is -2.48. The predicted molar refractivity (Wildman–Crippen MR) is 58.3 cm³/mol. The molecule has 1 heterocycles. The lowest BCUT2D eigenvalue weighted by Gasteiger charge is -2.33. The van der Waals surface area contributed by atoms with Gasteiger partial charge in [-0.05, 0) is 32.3 Å². The molecule has 0 saturated heterocycles. The van der Waals surface area contributed by atoms with Crippen molar-refractivity contribution in [3.8, 4) is 0 Å². The largest absolute Gasteiger partial charge is 0.480 e. The van der Waals surface area contributed by atoms with Crippen molar-refractivity contribution >= 4 is 23.4 Å². The van der Waals surface area contributed by atoms with E-state index in [1.54, 1.807) is 20.8 Å². The van der Waals surface area contributed by atoms with Crippen LogP contribution in [0.5, 0.6) is 0 Å². The second-order valence-electron chi connectivity index (χ2n) is 4.24. The number of hydrogen-bond donors (Lipinski definition) is 1. The smallest absolute Gasteiger partial charge is 0.323 e. The molecular formula is C9H13N3O3S. The minimum absolute atomic E-state index is 0.333. The lowest BCUT2D eigenvalue weighted by atomic mass is 10.1. The van der Waals surface area contributed by atoms with Gasteiger partial charge >= 0.3 is 5.97 Å². The van der Waals surface area contributed by atoms with Gasteiger partial charge in [0.25, 0.3) is 5.91 Å². The molecule has 0 aliphatic rings. The molecule has 7 heteroatoms. The van der Waals surface area contributed by atoms with E-state index in [1.807, 2.05) is 0 Å². The van der Waals surface area contributed by atoms with Crippen LogP contribution in [0.25, 0.3) is 0 Å². The van der Waals surface area contributed by atoms with Gasteiger partial charge in [0.15, 0.2) is 0 Å². The molecule has 0 spiro atoms. The van der Waals surface area contributed by atoms with Gasteiger partial charge in [0.05, 0.1) is 6.20 Å². The number of carbonyl (C=O) groups excluding carboxylic acids is 1. The second kappa shape index (κ2) is 4.56. The highest BCUT2D eigenvalue weighted by Crippen LogP contribution is 2.17. The van der Waals surface area contributed by atoms with Crippen LogP contribution in [-0.2, 0) is 4.79 Å². The molecule has 1 rings (SSSR count). The number of rotatable bonds is 3. The van der Waals surface area contributed by atoms with E-state index in [0.29, 0.717) is 4.88 Å².